The van der Waals surface area contributed by atoms with Crippen LogP contribution in [0.15, 0.2) is 36.8 Å². The fourth-order valence-corrected chi connectivity index (χ4v) is 4.53. The molecule has 1 aliphatic heterocycles. The van der Waals surface area contributed by atoms with Gasteiger partial charge in [-0.25, -0.2) is 15.0 Å². The topological polar surface area (TPSA) is 118 Å². The summed E-state index contributed by atoms with van der Waals surface area (Å²) in [6.45, 7) is 11.1. The van der Waals surface area contributed by atoms with E-state index in [0.717, 1.165) is 39.5 Å². The molecule has 1 fully saturated rings. The molecule has 0 spiro atoms. The Morgan fingerprint density at radius 3 is 2.67 bits per heavy atom. The Morgan fingerprint density at radius 1 is 1.19 bits per heavy atom. The second-order valence-corrected chi connectivity index (χ2v) is 9.84. The molecule has 4 aromatic rings. The van der Waals surface area contributed by atoms with E-state index in [1.807, 2.05) is 56.7 Å². The molecule has 1 N–H and O–H groups in total. The van der Waals surface area contributed by atoms with Crippen molar-refractivity contribution in [3.05, 3.63) is 42.5 Å². The molecule has 36 heavy (non-hydrogen) atoms. The molecule has 5 rings (SSSR count). The lowest BCUT2D eigenvalue weighted by Gasteiger charge is -2.59. The predicted octanol–water partition coefficient (Wildman–Crippen LogP) is 4.40. The first-order valence-corrected chi connectivity index (χ1v) is 11.9. The second kappa shape index (κ2) is 8.45. The highest BCUT2D eigenvalue weighted by Crippen LogP contribution is 2.49. The minimum Gasteiger partial charge on any atom is -0.492 e. The third-order valence-corrected chi connectivity index (χ3v) is 7.17. The Kier molecular flexibility index (Phi) is 5.51. The SMILES string of the molecule is CCOc1cc(-c2nncn2C)ccc1Nc1ncc2cc(C)nc(N3CC(C)(C#N)C3(C)C)c2n1. The molecular weight excluding hydrogens is 454 g/mol. The van der Waals surface area contributed by atoms with Gasteiger partial charge in [0.2, 0.25) is 5.95 Å². The van der Waals surface area contributed by atoms with Crippen molar-refractivity contribution in [1.82, 2.24) is 29.7 Å². The highest BCUT2D eigenvalue weighted by Gasteiger charge is 2.57. The highest BCUT2D eigenvalue weighted by atomic mass is 16.5. The summed E-state index contributed by atoms with van der Waals surface area (Å²) in [6.07, 6.45) is 3.46. The summed E-state index contributed by atoms with van der Waals surface area (Å²) >= 11 is 0. The van der Waals surface area contributed by atoms with Gasteiger partial charge in [-0.1, -0.05) is 0 Å². The van der Waals surface area contributed by atoms with E-state index in [1.54, 1.807) is 12.5 Å². The van der Waals surface area contributed by atoms with Gasteiger partial charge in [0.05, 0.1) is 29.3 Å². The summed E-state index contributed by atoms with van der Waals surface area (Å²) in [7, 11) is 1.90. The lowest BCUT2D eigenvalue weighted by Crippen LogP contribution is -2.70. The van der Waals surface area contributed by atoms with Gasteiger partial charge in [-0.15, -0.1) is 10.2 Å². The standard InChI is InChI=1S/C26H29N9O/c1-7-36-20-11-17(22-33-29-15-34(22)6)8-9-19(20)31-24-28-12-18-10-16(2)30-23(21(18)32-24)35-14-26(5,13-27)25(35,3)4/h8-12,15H,7,14H2,1-6H3,(H,28,31,32). The Morgan fingerprint density at radius 2 is 2.00 bits per heavy atom. The van der Waals surface area contributed by atoms with Crippen LogP contribution >= 0.6 is 0 Å². The minimum atomic E-state index is -0.463. The molecule has 1 atom stereocenters. The van der Waals surface area contributed by atoms with E-state index in [0.29, 0.717) is 24.8 Å². The maximum atomic E-state index is 9.73. The van der Waals surface area contributed by atoms with E-state index in [4.69, 9.17) is 14.7 Å². The van der Waals surface area contributed by atoms with Crippen LogP contribution in [0.2, 0.25) is 0 Å². The van der Waals surface area contributed by atoms with Crippen molar-refractivity contribution >= 4 is 28.4 Å². The monoisotopic (exact) mass is 483 g/mol. The number of benzene rings is 1. The van der Waals surface area contributed by atoms with E-state index < -0.39 is 5.41 Å². The minimum absolute atomic E-state index is 0.383. The smallest absolute Gasteiger partial charge is 0.227 e. The van der Waals surface area contributed by atoms with E-state index in [2.05, 4.69) is 45.3 Å². The molecule has 1 aliphatic rings. The van der Waals surface area contributed by atoms with Crippen molar-refractivity contribution in [2.75, 3.05) is 23.4 Å². The second-order valence-electron chi connectivity index (χ2n) is 9.84. The number of aryl methyl sites for hydroxylation is 2. The Labute approximate surface area is 210 Å². The van der Waals surface area contributed by atoms with Crippen LogP contribution < -0.4 is 15.0 Å². The van der Waals surface area contributed by atoms with Crippen molar-refractivity contribution < 1.29 is 4.74 Å². The van der Waals surface area contributed by atoms with Crippen molar-refractivity contribution in [1.29, 1.82) is 5.26 Å². The largest absolute Gasteiger partial charge is 0.492 e. The van der Waals surface area contributed by atoms with Gasteiger partial charge in [0.1, 0.15) is 17.6 Å². The molecule has 184 valence electrons. The van der Waals surface area contributed by atoms with E-state index >= 15 is 0 Å². The number of fused-ring (bicyclic) bond motifs is 1. The number of nitrogens with zero attached hydrogens (tertiary/aromatic N) is 8. The maximum absolute atomic E-state index is 9.73. The van der Waals surface area contributed by atoms with Crippen LogP contribution in [0.4, 0.5) is 17.5 Å². The molecule has 0 aliphatic carbocycles. The average Bonchev–Trinajstić information content (AvgIpc) is 3.29. The zero-order chi connectivity index (χ0) is 25.7. The summed E-state index contributed by atoms with van der Waals surface area (Å²) in [5, 5.41) is 22.1. The summed E-state index contributed by atoms with van der Waals surface area (Å²) < 4.78 is 7.77. The van der Waals surface area contributed by atoms with Crippen LogP contribution in [0.25, 0.3) is 22.3 Å². The molecule has 1 unspecified atom stereocenters. The molecule has 1 aromatic carbocycles. The number of aromatic nitrogens is 6. The van der Waals surface area contributed by atoms with Crippen molar-refractivity contribution in [2.45, 2.75) is 40.2 Å². The van der Waals surface area contributed by atoms with Crippen molar-refractivity contribution in [2.24, 2.45) is 12.5 Å². The number of anilines is 3. The number of pyridine rings is 1. The molecular formula is C26H29N9O. The normalized spacial score (nSPS) is 18.5. The molecule has 0 radical (unpaired) electrons. The number of ether oxygens (including phenoxy) is 1. The fraction of sp³-hybridized carbons (Fsp3) is 0.385. The van der Waals surface area contributed by atoms with Crippen LogP contribution in [-0.2, 0) is 7.05 Å². The number of rotatable bonds is 6. The number of nitriles is 1. The lowest BCUT2D eigenvalue weighted by molar-refractivity contribution is 0.139. The highest BCUT2D eigenvalue weighted by molar-refractivity contribution is 5.90. The predicted molar refractivity (Wildman–Crippen MR) is 138 cm³/mol. The quantitative estimate of drug-likeness (QED) is 0.426. The number of nitrogens with one attached hydrogen (secondary N) is 1. The first-order valence-electron chi connectivity index (χ1n) is 11.9. The Hall–Kier alpha value is -4.26. The van der Waals surface area contributed by atoms with Gasteiger partial charge >= 0.3 is 0 Å². The first kappa shape index (κ1) is 23.5. The number of hydrogen-bond donors (Lipinski definition) is 1. The van der Waals surface area contributed by atoms with E-state index in [-0.39, 0.29) is 5.54 Å². The number of hydrogen-bond acceptors (Lipinski definition) is 9. The van der Waals surface area contributed by atoms with Crippen LogP contribution in [0, 0.1) is 23.7 Å². The van der Waals surface area contributed by atoms with Crippen LogP contribution in [0.1, 0.15) is 33.4 Å². The zero-order valence-corrected chi connectivity index (χ0v) is 21.4. The summed E-state index contributed by atoms with van der Waals surface area (Å²) in [4.78, 5) is 16.4. The fourth-order valence-electron chi connectivity index (χ4n) is 4.53. The van der Waals surface area contributed by atoms with Gasteiger partial charge in [0.25, 0.3) is 0 Å². The maximum Gasteiger partial charge on any atom is 0.227 e. The molecule has 3 aromatic heterocycles. The summed E-state index contributed by atoms with van der Waals surface area (Å²) in [5.41, 5.74) is 2.40. The van der Waals surface area contributed by atoms with Crippen LogP contribution in [-0.4, -0.2) is 48.4 Å². The lowest BCUT2D eigenvalue weighted by atomic mass is 9.65. The van der Waals surface area contributed by atoms with Crippen molar-refractivity contribution in [3.8, 4) is 23.2 Å². The Bertz CT molecular complexity index is 1500. The molecule has 10 heteroatoms. The molecule has 10 nitrogen and oxygen atoms in total. The van der Waals surface area contributed by atoms with Gasteiger partial charge in [-0.05, 0) is 58.9 Å². The average molecular weight is 484 g/mol. The molecule has 0 bridgehead atoms. The molecule has 0 amide bonds. The molecule has 1 saturated heterocycles. The van der Waals surface area contributed by atoms with Crippen LogP contribution in [0.3, 0.4) is 0 Å². The van der Waals surface area contributed by atoms with E-state index in [9.17, 15) is 5.26 Å². The summed E-state index contributed by atoms with van der Waals surface area (Å²) in [5.74, 6) is 2.61. The van der Waals surface area contributed by atoms with Gasteiger partial charge in [0.15, 0.2) is 11.6 Å². The summed E-state index contributed by atoms with van der Waals surface area (Å²) in [6, 6.07) is 10.3. The molecule has 4 heterocycles. The van der Waals surface area contributed by atoms with Crippen molar-refractivity contribution in [3.63, 3.8) is 0 Å². The van der Waals surface area contributed by atoms with E-state index in [1.165, 1.54) is 0 Å². The van der Waals surface area contributed by atoms with Gasteiger partial charge < -0.3 is 19.5 Å². The van der Waals surface area contributed by atoms with Gasteiger partial charge in [-0.2, -0.15) is 5.26 Å². The third kappa shape index (κ3) is 3.68. The molecule has 0 saturated carbocycles. The van der Waals surface area contributed by atoms with Crippen LogP contribution in [0.5, 0.6) is 5.75 Å². The Balaban J connectivity index is 1.53. The first-order chi connectivity index (χ1) is 17.2. The third-order valence-electron chi connectivity index (χ3n) is 7.17. The zero-order valence-electron chi connectivity index (χ0n) is 21.4. The van der Waals surface area contributed by atoms with Gasteiger partial charge in [0, 0.05) is 36.4 Å². The van der Waals surface area contributed by atoms with Gasteiger partial charge in [-0.3, -0.25) is 0 Å².